The smallest absolute Gasteiger partial charge is 0.270 e. The van der Waals surface area contributed by atoms with Crippen LogP contribution >= 0.6 is 0 Å². The summed E-state index contributed by atoms with van der Waals surface area (Å²) >= 11 is 0. The van der Waals surface area contributed by atoms with Crippen molar-refractivity contribution in [2.75, 3.05) is 11.9 Å². The molecule has 0 saturated heterocycles. The lowest BCUT2D eigenvalue weighted by molar-refractivity contribution is -0.384. The van der Waals surface area contributed by atoms with Gasteiger partial charge in [-0.25, -0.2) is 4.98 Å². The first-order valence-electron chi connectivity index (χ1n) is 7.57. The molecule has 2 N–H and O–H groups in total. The van der Waals surface area contributed by atoms with Crippen LogP contribution < -0.4 is 5.32 Å². The second-order valence-corrected chi connectivity index (χ2v) is 5.29. The standard InChI is InChI=1S/C16H15N5O4/c22-8-2-7-20-14-10-17-6-5-13(14)18-16(20)19-15(23)11-3-1-4-12(9-11)21(24)25/h1,3-6,9-10,22H,2,7-8H2,(H,18,19,23). The van der Waals surface area contributed by atoms with E-state index in [0.717, 1.165) is 5.52 Å². The molecule has 128 valence electrons. The van der Waals surface area contributed by atoms with Gasteiger partial charge in [0.2, 0.25) is 5.95 Å². The maximum absolute atomic E-state index is 12.4. The van der Waals surface area contributed by atoms with Crippen molar-refractivity contribution in [3.8, 4) is 0 Å². The molecule has 0 atom stereocenters. The summed E-state index contributed by atoms with van der Waals surface area (Å²) in [5.41, 5.74) is 1.38. The van der Waals surface area contributed by atoms with Crippen LogP contribution in [0.2, 0.25) is 0 Å². The summed E-state index contributed by atoms with van der Waals surface area (Å²) < 4.78 is 1.74. The third-order valence-corrected chi connectivity index (χ3v) is 3.63. The van der Waals surface area contributed by atoms with Crippen LogP contribution in [0.15, 0.2) is 42.7 Å². The molecule has 1 aromatic carbocycles. The third-order valence-electron chi connectivity index (χ3n) is 3.63. The molecule has 0 spiro atoms. The van der Waals surface area contributed by atoms with Gasteiger partial charge in [-0.05, 0) is 18.6 Å². The summed E-state index contributed by atoms with van der Waals surface area (Å²) in [5.74, 6) is -0.204. The minimum atomic E-state index is -0.557. The molecule has 0 radical (unpaired) electrons. The maximum atomic E-state index is 12.4. The van der Waals surface area contributed by atoms with E-state index in [1.165, 1.54) is 24.3 Å². The number of aliphatic hydroxyl groups is 1. The molecule has 0 bridgehead atoms. The fraction of sp³-hybridized carbons (Fsp3) is 0.188. The summed E-state index contributed by atoms with van der Waals surface area (Å²) in [5, 5.41) is 22.6. The summed E-state index contributed by atoms with van der Waals surface area (Å²) in [7, 11) is 0. The lowest BCUT2D eigenvalue weighted by Crippen LogP contribution is -2.16. The molecule has 0 aliphatic heterocycles. The van der Waals surface area contributed by atoms with Crippen LogP contribution in [0, 0.1) is 10.1 Å². The highest BCUT2D eigenvalue weighted by Gasteiger charge is 2.16. The van der Waals surface area contributed by atoms with Crippen molar-refractivity contribution in [1.82, 2.24) is 14.5 Å². The monoisotopic (exact) mass is 341 g/mol. The molecular weight excluding hydrogens is 326 g/mol. The molecule has 1 amide bonds. The second-order valence-electron chi connectivity index (χ2n) is 5.29. The zero-order valence-corrected chi connectivity index (χ0v) is 13.1. The first-order chi connectivity index (χ1) is 12.1. The Morgan fingerprint density at radius 1 is 1.36 bits per heavy atom. The van der Waals surface area contributed by atoms with Gasteiger partial charge >= 0.3 is 0 Å². The number of hydrogen-bond donors (Lipinski definition) is 2. The van der Waals surface area contributed by atoms with Crippen molar-refractivity contribution in [2.24, 2.45) is 0 Å². The van der Waals surface area contributed by atoms with E-state index in [2.05, 4.69) is 15.3 Å². The van der Waals surface area contributed by atoms with Crippen molar-refractivity contribution < 1.29 is 14.8 Å². The summed E-state index contributed by atoms with van der Waals surface area (Å²) in [4.78, 5) is 31.2. The Labute approximate surface area is 142 Å². The van der Waals surface area contributed by atoms with Gasteiger partial charge in [0.25, 0.3) is 11.6 Å². The first-order valence-corrected chi connectivity index (χ1v) is 7.57. The van der Waals surface area contributed by atoms with Gasteiger partial charge in [0, 0.05) is 37.0 Å². The molecular formula is C16H15N5O4. The number of nitro groups is 1. The SMILES string of the molecule is O=C(Nc1nc2ccncc2n1CCCO)c1cccc([N+](=O)[O-])c1. The predicted molar refractivity (Wildman–Crippen MR) is 90.3 cm³/mol. The zero-order valence-electron chi connectivity index (χ0n) is 13.1. The van der Waals surface area contributed by atoms with Crippen LogP contribution in [0.25, 0.3) is 11.0 Å². The number of non-ortho nitro benzene ring substituents is 1. The Morgan fingerprint density at radius 2 is 2.20 bits per heavy atom. The van der Waals surface area contributed by atoms with Gasteiger partial charge in [0.05, 0.1) is 22.2 Å². The molecule has 0 saturated carbocycles. The van der Waals surface area contributed by atoms with Gasteiger partial charge < -0.3 is 9.67 Å². The van der Waals surface area contributed by atoms with E-state index in [-0.39, 0.29) is 17.9 Å². The van der Waals surface area contributed by atoms with E-state index in [1.54, 1.807) is 23.0 Å². The summed E-state index contributed by atoms with van der Waals surface area (Å²) in [6.45, 7) is 0.446. The van der Waals surface area contributed by atoms with E-state index in [1.807, 2.05) is 0 Å². The number of nitrogens with zero attached hydrogens (tertiary/aromatic N) is 4. The van der Waals surface area contributed by atoms with E-state index >= 15 is 0 Å². The van der Waals surface area contributed by atoms with Crippen LogP contribution in [0.1, 0.15) is 16.8 Å². The third kappa shape index (κ3) is 3.45. The molecule has 0 aliphatic carbocycles. The Balaban J connectivity index is 1.92. The summed E-state index contributed by atoms with van der Waals surface area (Å²) in [6.07, 6.45) is 3.71. The number of anilines is 1. The van der Waals surface area contributed by atoms with E-state index in [9.17, 15) is 14.9 Å². The molecule has 3 aromatic rings. The van der Waals surface area contributed by atoms with Crippen LogP contribution in [0.3, 0.4) is 0 Å². The van der Waals surface area contributed by atoms with Crippen molar-refractivity contribution in [1.29, 1.82) is 0 Å². The van der Waals surface area contributed by atoms with Crippen LogP contribution in [0.5, 0.6) is 0 Å². The Hall–Kier alpha value is -3.33. The van der Waals surface area contributed by atoms with Crippen molar-refractivity contribution >= 4 is 28.6 Å². The predicted octanol–water partition coefficient (Wildman–Crippen LogP) is 1.97. The summed E-state index contributed by atoms with van der Waals surface area (Å²) in [6, 6.07) is 7.18. The number of fused-ring (bicyclic) bond motifs is 1. The number of aromatic nitrogens is 3. The first kappa shape index (κ1) is 16.5. The fourth-order valence-corrected chi connectivity index (χ4v) is 2.45. The number of pyridine rings is 1. The normalized spacial score (nSPS) is 10.8. The molecule has 9 nitrogen and oxygen atoms in total. The molecule has 0 aliphatic rings. The van der Waals surface area contributed by atoms with Crippen LogP contribution in [-0.2, 0) is 6.54 Å². The number of carbonyl (C=O) groups is 1. The van der Waals surface area contributed by atoms with E-state index < -0.39 is 10.8 Å². The highest BCUT2D eigenvalue weighted by atomic mass is 16.6. The number of aliphatic hydroxyl groups excluding tert-OH is 1. The number of nitrogens with one attached hydrogen (secondary N) is 1. The Bertz CT molecular complexity index is 937. The number of amides is 1. The lowest BCUT2D eigenvalue weighted by Gasteiger charge is -2.09. The topological polar surface area (TPSA) is 123 Å². The molecule has 3 rings (SSSR count). The van der Waals surface area contributed by atoms with Gasteiger partial charge in [-0.2, -0.15) is 0 Å². The highest BCUT2D eigenvalue weighted by Crippen LogP contribution is 2.20. The quantitative estimate of drug-likeness (QED) is 0.522. The Morgan fingerprint density at radius 3 is 2.96 bits per heavy atom. The number of hydrogen-bond acceptors (Lipinski definition) is 6. The molecule has 2 aromatic heterocycles. The molecule has 25 heavy (non-hydrogen) atoms. The van der Waals surface area contributed by atoms with E-state index in [4.69, 9.17) is 5.11 Å². The largest absolute Gasteiger partial charge is 0.396 e. The minimum absolute atomic E-state index is 0.00178. The molecule has 0 fully saturated rings. The average Bonchev–Trinajstić information content (AvgIpc) is 2.97. The van der Waals surface area contributed by atoms with Gasteiger partial charge in [-0.1, -0.05) is 6.07 Å². The Kier molecular flexibility index (Phi) is 4.66. The van der Waals surface area contributed by atoms with E-state index in [0.29, 0.717) is 24.4 Å². The van der Waals surface area contributed by atoms with Crippen molar-refractivity contribution in [3.05, 3.63) is 58.4 Å². The van der Waals surface area contributed by atoms with Gasteiger partial charge in [-0.3, -0.25) is 25.2 Å². The number of benzene rings is 1. The van der Waals surface area contributed by atoms with Crippen LogP contribution in [-0.4, -0.2) is 37.1 Å². The number of rotatable bonds is 6. The molecule has 0 unspecified atom stereocenters. The number of aryl methyl sites for hydroxylation is 1. The van der Waals surface area contributed by atoms with Gasteiger partial charge in [0.1, 0.15) is 0 Å². The highest BCUT2D eigenvalue weighted by molar-refractivity contribution is 6.04. The van der Waals surface area contributed by atoms with Gasteiger partial charge in [-0.15, -0.1) is 0 Å². The second kappa shape index (κ2) is 7.05. The average molecular weight is 341 g/mol. The van der Waals surface area contributed by atoms with Crippen LogP contribution in [0.4, 0.5) is 11.6 Å². The van der Waals surface area contributed by atoms with Crippen molar-refractivity contribution in [2.45, 2.75) is 13.0 Å². The molecule has 9 heteroatoms. The van der Waals surface area contributed by atoms with Gasteiger partial charge in [0.15, 0.2) is 0 Å². The zero-order chi connectivity index (χ0) is 17.8. The maximum Gasteiger partial charge on any atom is 0.270 e. The number of carbonyl (C=O) groups excluding carboxylic acids is 1. The number of imidazole rings is 1. The molecule has 2 heterocycles. The number of nitro benzene ring substituents is 1. The van der Waals surface area contributed by atoms with Crippen molar-refractivity contribution in [3.63, 3.8) is 0 Å². The lowest BCUT2D eigenvalue weighted by atomic mass is 10.2. The minimum Gasteiger partial charge on any atom is -0.396 e. The fourth-order valence-electron chi connectivity index (χ4n) is 2.45.